The van der Waals surface area contributed by atoms with Gasteiger partial charge in [-0.2, -0.15) is 0 Å². The molecule has 0 unspecified atom stereocenters. The van der Waals surface area contributed by atoms with E-state index in [0.717, 1.165) is 24.3 Å². The van der Waals surface area contributed by atoms with Gasteiger partial charge in [-0.15, -0.1) is 0 Å². The molecule has 0 atom stereocenters. The summed E-state index contributed by atoms with van der Waals surface area (Å²) in [5.74, 6) is 0.758. The maximum absolute atomic E-state index is 5.36. The van der Waals surface area contributed by atoms with E-state index in [9.17, 15) is 0 Å². The number of aliphatic imine (C=N–C) groups is 1. The monoisotopic (exact) mass is 161 g/mol. The molecule has 1 aliphatic carbocycles. The molecule has 0 aromatic rings. The first-order valence-electron chi connectivity index (χ1n) is 4.19. The van der Waals surface area contributed by atoms with Crippen LogP contribution < -0.4 is 0 Å². The Labute approximate surface area is 72.0 Å². The van der Waals surface area contributed by atoms with Crippen molar-refractivity contribution < 1.29 is 4.74 Å². The highest BCUT2D eigenvalue weighted by atomic mass is 16.5. The van der Waals surface area contributed by atoms with Crippen molar-refractivity contribution in [1.29, 1.82) is 0 Å². The molecule has 1 heterocycles. The number of nitrogens with zero attached hydrogens (tertiary/aromatic N) is 1. The molecule has 0 aromatic heterocycles. The van der Waals surface area contributed by atoms with Crippen LogP contribution in [0.4, 0.5) is 0 Å². The van der Waals surface area contributed by atoms with E-state index in [1.807, 2.05) is 6.08 Å². The second kappa shape index (κ2) is 3.39. The summed E-state index contributed by atoms with van der Waals surface area (Å²) in [5.41, 5.74) is 1.12. The standard InChI is InChI=1S/C10H11NO/c1-2-5-9(6-3-1)10-11-7-4-8-12-10/h2,4-7H,1,3,8H2. The summed E-state index contributed by atoms with van der Waals surface area (Å²) >= 11 is 0. The summed E-state index contributed by atoms with van der Waals surface area (Å²) in [6.45, 7) is 0.643. The van der Waals surface area contributed by atoms with Gasteiger partial charge in [0, 0.05) is 11.8 Å². The van der Waals surface area contributed by atoms with Crippen molar-refractivity contribution in [3.8, 4) is 0 Å². The lowest BCUT2D eigenvalue weighted by Crippen LogP contribution is -2.10. The maximum atomic E-state index is 5.36. The lowest BCUT2D eigenvalue weighted by Gasteiger charge is -2.12. The van der Waals surface area contributed by atoms with Crippen LogP contribution in [-0.2, 0) is 4.74 Å². The Bertz CT molecular complexity index is 284. The van der Waals surface area contributed by atoms with Crippen LogP contribution >= 0.6 is 0 Å². The fourth-order valence-corrected chi connectivity index (χ4v) is 1.26. The number of allylic oxidation sites excluding steroid dienone is 2. The molecule has 0 fully saturated rings. The summed E-state index contributed by atoms with van der Waals surface area (Å²) in [6.07, 6.45) is 12.3. The van der Waals surface area contributed by atoms with Gasteiger partial charge >= 0.3 is 0 Å². The summed E-state index contributed by atoms with van der Waals surface area (Å²) in [4.78, 5) is 4.15. The van der Waals surface area contributed by atoms with Crippen molar-refractivity contribution in [3.05, 3.63) is 36.1 Å². The average Bonchev–Trinajstić information content (AvgIpc) is 2.21. The molecule has 0 radical (unpaired) electrons. The maximum Gasteiger partial charge on any atom is 0.220 e. The molecular weight excluding hydrogens is 150 g/mol. The fourth-order valence-electron chi connectivity index (χ4n) is 1.26. The van der Waals surface area contributed by atoms with E-state index in [-0.39, 0.29) is 0 Å². The van der Waals surface area contributed by atoms with Crippen molar-refractivity contribution in [1.82, 2.24) is 0 Å². The smallest absolute Gasteiger partial charge is 0.220 e. The Morgan fingerprint density at radius 1 is 1.25 bits per heavy atom. The van der Waals surface area contributed by atoms with E-state index in [1.165, 1.54) is 0 Å². The number of ether oxygens (including phenoxy) is 1. The van der Waals surface area contributed by atoms with Crippen LogP contribution in [0.15, 0.2) is 41.1 Å². The van der Waals surface area contributed by atoms with Crippen LogP contribution in [0.2, 0.25) is 0 Å². The zero-order valence-electron chi connectivity index (χ0n) is 6.86. The van der Waals surface area contributed by atoms with Crippen molar-refractivity contribution in [2.24, 2.45) is 4.99 Å². The number of rotatable bonds is 1. The topological polar surface area (TPSA) is 21.6 Å². The highest BCUT2D eigenvalue weighted by molar-refractivity contribution is 5.97. The molecule has 0 N–H and O–H groups in total. The lowest BCUT2D eigenvalue weighted by molar-refractivity contribution is 0.345. The Hall–Kier alpha value is -1.31. The predicted octanol–water partition coefficient (Wildman–Crippen LogP) is 2.21. The lowest BCUT2D eigenvalue weighted by atomic mass is 10.1. The quantitative estimate of drug-likeness (QED) is 0.577. The summed E-state index contributed by atoms with van der Waals surface area (Å²) < 4.78 is 5.36. The predicted molar refractivity (Wildman–Crippen MR) is 49.0 cm³/mol. The number of hydrogen-bond acceptors (Lipinski definition) is 2. The molecule has 1 aliphatic heterocycles. The van der Waals surface area contributed by atoms with E-state index >= 15 is 0 Å². The molecule has 62 valence electrons. The SMILES string of the molecule is C1=CC(C2=NC=CCO2)=CCC1. The molecule has 2 heteroatoms. The Balaban J connectivity index is 2.17. The van der Waals surface area contributed by atoms with E-state index < -0.39 is 0 Å². The van der Waals surface area contributed by atoms with Crippen LogP contribution in [0.3, 0.4) is 0 Å². The van der Waals surface area contributed by atoms with Gasteiger partial charge in [-0.25, -0.2) is 4.99 Å². The molecule has 2 aliphatic rings. The van der Waals surface area contributed by atoms with Crippen molar-refractivity contribution in [3.63, 3.8) is 0 Å². The van der Waals surface area contributed by atoms with Gasteiger partial charge in [0.2, 0.25) is 5.90 Å². The fraction of sp³-hybridized carbons (Fsp3) is 0.300. The van der Waals surface area contributed by atoms with Gasteiger partial charge in [0.15, 0.2) is 0 Å². The third kappa shape index (κ3) is 1.47. The molecule has 2 rings (SSSR count). The minimum atomic E-state index is 0.643. The minimum absolute atomic E-state index is 0.643. The number of hydrogen-bond donors (Lipinski definition) is 0. The molecular formula is C10H11NO. The van der Waals surface area contributed by atoms with Crippen molar-refractivity contribution >= 4 is 5.90 Å². The zero-order chi connectivity index (χ0) is 8.23. The normalized spacial score (nSPS) is 21.3. The largest absolute Gasteiger partial charge is 0.473 e. The van der Waals surface area contributed by atoms with Gasteiger partial charge in [-0.1, -0.05) is 18.2 Å². The molecule has 0 bridgehead atoms. The van der Waals surface area contributed by atoms with Crippen LogP contribution in [0.25, 0.3) is 0 Å². The van der Waals surface area contributed by atoms with Crippen LogP contribution in [0.5, 0.6) is 0 Å². The van der Waals surface area contributed by atoms with E-state index in [2.05, 4.69) is 23.2 Å². The second-order valence-corrected chi connectivity index (χ2v) is 2.77. The molecule has 0 aromatic carbocycles. The molecule has 0 spiro atoms. The summed E-state index contributed by atoms with van der Waals surface area (Å²) in [6, 6.07) is 0. The molecule has 0 saturated heterocycles. The first-order chi connectivity index (χ1) is 5.97. The molecule has 12 heavy (non-hydrogen) atoms. The van der Waals surface area contributed by atoms with Gasteiger partial charge in [-0.3, -0.25) is 0 Å². The highest BCUT2D eigenvalue weighted by Crippen LogP contribution is 2.13. The third-order valence-corrected chi connectivity index (χ3v) is 1.86. The highest BCUT2D eigenvalue weighted by Gasteiger charge is 2.07. The zero-order valence-corrected chi connectivity index (χ0v) is 6.86. The molecule has 0 amide bonds. The van der Waals surface area contributed by atoms with Crippen LogP contribution in [0, 0.1) is 0 Å². The summed E-state index contributed by atoms with van der Waals surface area (Å²) in [7, 11) is 0. The van der Waals surface area contributed by atoms with Crippen LogP contribution in [-0.4, -0.2) is 12.5 Å². The van der Waals surface area contributed by atoms with E-state index in [0.29, 0.717) is 6.61 Å². The van der Waals surface area contributed by atoms with Gasteiger partial charge in [-0.05, 0) is 18.9 Å². The second-order valence-electron chi connectivity index (χ2n) is 2.77. The van der Waals surface area contributed by atoms with Gasteiger partial charge in [0.25, 0.3) is 0 Å². The molecule has 2 nitrogen and oxygen atoms in total. The van der Waals surface area contributed by atoms with Crippen molar-refractivity contribution in [2.45, 2.75) is 12.8 Å². The van der Waals surface area contributed by atoms with Crippen molar-refractivity contribution in [2.75, 3.05) is 6.61 Å². The van der Waals surface area contributed by atoms with Crippen LogP contribution in [0.1, 0.15) is 12.8 Å². The van der Waals surface area contributed by atoms with Gasteiger partial charge in [0.05, 0.1) is 0 Å². The Morgan fingerprint density at radius 2 is 2.25 bits per heavy atom. The first kappa shape index (κ1) is 7.35. The average molecular weight is 161 g/mol. The van der Waals surface area contributed by atoms with Gasteiger partial charge in [0.1, 0.15) is 6.61 Å². The third-order valence-electron chi connectivity index (χ3n) is 1.86. The Kier molecular flexibility index (Phi) is 2.08. The summed E-state index contributed by atoms with van der Waals surface area (Å²) in [5, 5.41) is 0. The Morgan fingerprint density at radius 3 is 2.92 bits per heavy atom. The minimum Gasteiger partial charge on any atom is -0.473 e. The molecule has 0 saturated carbocycles. The van der Waals surface area contributed by atoms with E-state index in [4.69, 9.17) is 4.74 Å². The first-order valence-corrected chi connectivity index (χ1v) is 4.19. The van der Waals surface area contributed by atoms with Gasteiger partial charge < -0.3 is 4.74 Å². The van der Waals surface area contributed by atoms with E-state index in [1.54, 1.807) is 6.20 Å².